The van der Waals surface area contributed by atoms with Crippen LogP contribution in [0.5, 0.6) is 17.2 Å². The molecule has 552 valence electrons. The molecule has 0 radical (unpaired) electrons. The van der Waals surface area contributed by atoms with Crippen LogP contribution in [0.4, 0.5) is 0 Å². The summed E-state index contributed by atoms with van der Waals surface area (Å²) in [6, 6.07) is 23.6. The highest BCUT2D eigenvalue weighted by molar-refractivity contribution is 5.93. The summed E-state index contributed by atoms with van der Waals surface area (Å²) in [6.45, 7) is 30.0. The molecule has 0 atom stereocenters. The molecular formula is C84H129N3O12. The van der Waals surface area contributed by atoms with E-state index in [0.29, 0.717) is 77.8 Å². The number of hydrogen-bond donors (Lipinski definition) is 0. The van der Waals surface area contributed by atoms with Gasteiger partial charge in [-0.3, -0.25) is 28.8 Å². The molecule has 0 N–H and O–H groups in total. The predicted molar refractivity (Wildman–Crippen MR) is 402 cm³/mol. The average Bonchev–Trinajstić information content (AvgIpc) is 0.907. The van der Waals surface area contributed by atoms with Crippen LogP contribution >= 0.6 is 0 Å². The molecule has 0 saturated carbocycles. The Balaban J connectivity index is 0.000000316. The standard InChI is InChI=1S/C30H47NO4.C28H43NO4.C26H39NO4/c1-5-7-8-9-10-11-12-13-24-34-26-17-14-25(15-18-26)16-19-28(32)31-22-20-27(21-23-31)35-29(33)30(3,4)6-2;1-5-7-8-9-10-11-22-32-24-15-12-23(13-16-24)14-17-26(30)29-20-18-25(19-21-29)33-27(31)28(3,4)6-2;1-5-7-8-9-20-30-22-13-10-21(11-14-22)12-15-24(28)27-18-16-23(17-19-27)31-25(29)26(3,4)6-2/h14-19,27H,5-13,20-24H2,1-4H3;12-17,25H,5-11,18-22H2,1-4H3;10-15,23H,5-9,16-20H2,1-4H3/b19-16+;17-14+;15-12+. The summed E-state index contributed by atoms with van der Waals surface area (Å²) in [5.41, 5.74) is 1.56. The number of piperidine rings is 3. The number of amides is 3. The molecule has 0 aromatic heterocycles. The van der Waals surface area contributed by atoms with Crippen molar-refractivity contribution in [1.82, 2.24) is 14.7 Å². The van der Waals surface area contributed by atoms with Gasteiger partial charge >= 0.3 is 17.9 Å². The minimum absolute atomic E-state index is 0.00122. The normalized spacial score (nSPS) is 15.1. The monoisotopic (exact) mass is 1370 g/mol. The van der Waals surface area contributed by atoms with Crippen LogP contribution in [0.15, 0.2) is 91.0 Å². The second-order valence-corrected chi connectivity index (χ2v) is 29.1. The molecule has 3 aromatic carbocycles. The number of hydrogen-bond acceptors (Lipinski definition) is 12. The van der Waals surface area contributed by atoms with Crippen molar-refractivity contribution < 1.29 is 57.2 Å². The van der Waals surface area contributed by atoms with E-state index in [1.54, 1.807) is 18.2 Å². The van der Waals surface area contributed by atoms with E-state index in [1.807, 2.05) is 168 Å². The van der Waals surface area contributed by atoms with E-state index in [0.717, 1.165) is 92.3 Å². The van der Waals surface area contributed by atoms with Crippen molar-refractivity contribution in [2.24, 2.45) is 16.2 Å². The van der Waals surface area contributed by atoms with E-state index in [2.05, 4.69) is 20.8 Å². The van der Waals surface area contributed by atoms with Gasteiger partial charge in [0.25, 0.3) is 0 Å². The molecule has 3 heterocycles. The Morgan fingerprint density at radius 2 is 0.545 bits per heavy atom. The van der Waals surface area contributed by atoms with Gasteiger partial charge in [0.15, 0.2) is 0 Å². The molecule has 0 aliphatic carbocycles. The summed E-state index contributed by atoms with van der Waals surface area (Å²) in [5, 5.41) is 0. The van der Waals surface area contributed by atoms with Crippen molar-refractivity contribution in [2.75, 3.05) is 59.1 Å². The smallest absolute Gasteiger partial charge is 0.311 e. The summed E-state index contributed by atoms with van der Waals surface area (Å²) in [7, 11) is 0. The molecule has 3 aromatic rings. The SMILES string of the molecule is CCCCCCCCCCOc1ccc(/C=C/C(=O)N2CCC(OC(=O)C(C)(C)CC)CC2)cc1.CCCCCCCCOc1ccc(/C=C/C(=O)N2CCC(OC(=O)C(C)(C)CC)CC2)cc1.CCCCCCOc1ccc(/C=C/C(=O)N2CCC(OC(=O)C(C)(C)CC)CC2)cc1. The molecule has 0 bridgehead atoms. The molecule has 99 heavy (non-hydrogen) atoms. The van der Waals surface area contributed by atoms with E-state index >= 15 is 0 Å². The van der Waals surface area contributed by atoms with Crippen molar-refractivity contribution >= 4 is 53.9 Å². The fraction of sp³-hybridized carbons (Fsp3) is 0.643. The molecule has 0 spiro atoms. The van der Waals surface area contributed by atoms with Crippen molar-refractivity contribution in [3.63, 3.8) is 0 Å². The Kier molecular flexibility index (Phi) is 40.3. The van der Waals surface area contributed by atoms with Crippen LogP contribution in [0.3, 0.4) is 0 Å². The third kappa shape index (κ3) is 33.9. The molecule has 3 aliphatic rings. The highest BCUT2D eigenvalue weighted by atomic mass is 16.6. The number of nitrogens with zero attached hydrogens (tertiary/aromatic N) is 3. The Morgan fingerprint density at radius 3 is 0.768 bits per heavy atom. The van der Waals surface area contributed by atoms with Crippen LogP contribution in [-0.4, -0.2) is 128 Å². The third-order valence-corrected chi connectivity index (χ3v) is 19.6. The van der Waals surface area contributed by atoms with Crippen molar-refractivity contribution in [2.45, 2.75) is 275 Å². The fourth-order valence-electron chi connectivity index (χ4n) is 11.0. The van der Waals surface area contributed by atoms with Gasteiger partial charge in [-0.25, -0.2) is 0 Å². The van der Waals surface area contributed by atoms with Gasteiger partial charge in [-0.2, -0.15) is 0 Å². The lowest BCUT2D eigenvalue weighted by Gasteiger charge is -2.33. The van der Waals surface area contributed by atoms with Crippen LogP contribution in [0.1, 0.15) is 273 Å². The second kappa shape index (κ2) is 47.3. The van der Waals surface area contributed by atoms with Crippen LogP contribution in [0, 0.1) is 16.2 Å². The highest BCUT2D eigenvalue weighted by Crippen LogP contribution is 2.29. The third-order valence-electron chi connectivity index (χ3n) is 19.6. The van der Waals surface area contributed by atoms with E-state index in [9.17, 15) is 28.8 Å². The number of likely N-dealkylation sites (tertiary alicyclic amines) is 3. The molecule has 15 heteroatoms. The lowest BCUT2D eigenvalue weighted by molar-refractivity contribution is -0.163. The first-order chi connectivity index (χ1) is 47.6. The second-order valence-electron chi connectivity index (χ2n) is 29.1. The number of carbonyl (C=O) groups is 6. The van der Waals surface area contributed by atoms with Gasteiger partial charge in [0, 0.05) is 96.0 Å². The maximum Gasteiger partial charge on any atom is 0.311 e. The van der Waals surface area contributed by atoms with Gasteiger partial charge in [-0.1, -0.05) is 174 Å². The summed E-state index contributed by atoms with van der Waals surface area (Å²) < 4.78 is 34.4. The topological polar surface area (TPSA) is 168 Å². The lowest BCUT2D eigenvalue weighted by Crippen LogP contribution is -2.42. The Labute approximate surface area is 597 Å². The van der Waals surface area contributed by atoms with Gasteiger partial charge < -0.3 is 43.1 Å². The number of esters is 3. The van der Waals surface area contributed by atoms with Crippen LogP contribution in [0.25, 0.3) is 18.2 Å². The quantitative estimate of drug-likeness (QED) is 0.0230. The van der Waals surface area contributed by atoms with Crippen LogP contribution in [0.2, 0.25) is 0 Å². The van der Waals surface area contributed by atoms with Gasteiger partial charge in [0.2, 0.25) is 17.7 Å². The minimum atomic E-state index is -0.455. The van der Waals surface area contributed by atoms with E-state index < -0.39 is 16.2 Å². The molecular weight excluding hydrogens is 1240 g/mol. The van der Waals surface area contributed by atoms with Crippen LogP contribution < -0.4 is 14.2 Å². The van der Waals surface area contributed by atoms with Crippen molar-refractivity contribution in [1.29, 1.82) is 0 Å². The molecule has 3 saturated heterocycles. The number of carbonyl (C=O) groups excluding carboxylic acids is 6. The first-order valence-electron chi connectivity index (χ1n) is 38.3. The molecule has 6 rings (SSSR count). The molecule has 3 amide bonds. The van der Waals surface area contributed by atoms with E-state index in [1.165, 1.54) is 96.3 Å². The molecule has 3 aliphatic heterocycles. The number of rotatable bonds is 39. The summed E-state index contributed by atoms with van der Waals surface area (Å²) in [5.74, 6) is 2.17. The van der Waals surface area contributed by atoms with Crippen LogP contribution in [-0.2, 0) is 43.0 Å². The maximum atomic E-state index is 12.6. The van der Waals surface area contributed by atoms with E-state index in [-0.39, 0.29) is 53.9 Å². The summed E-state index contributed by atoms with van der Waals surface area (Å²) in [6.07, 6.45) is 39.1. The molecule has 3 fully saturated rings. The van der Waals surface area contributed by atoms with Crippen molar-refractivity contribution in [3.8, 4) is 17.2 Å². The zero-order valence-electron chi connectivity index (χ0n) is 63.3. The Bertz CT molecular complexity index is 2850. The largest absolute Gasteiger partial charge is 0.494 e. The number of ether oxygens (including phenoxy) is 6. The number of unbranched alkanes of at least 4 members (excludes halogenated alkanes) is 15. The fourth-order valence-corrected chi connectivity index (χ4v) is 11.0. The van der Waals surface area contributed by atoms with E-state index in [4.69, 9.17) is 28.4 Å². The van der Waals surface area contributed by atoms with Gasteiger partial charge in [-0.05, 0) is 151 Å². The minimum Gasteiger partial charge on any atom is -0.494 e. The maximum absolute atomic E-state index is 12.6. The van der Waals surface area contributed by atoms with Gasteiger partial charge in [0.1, 0.15) is 35.6 Å². The Hall–Kier alpha value is -6.90. The predicted octanol–water partition coefficient (Wildman–Crippen LogP) is 19.2. The highest BCUT2D eigenvalue weighted by Gasteiger charge is 2.34. The summed E-state index contributed by atoms with van der Waals surface area (Å²) in [4.78, 5) is 79.9. The first-order valence-corrected chi connectivity index (χ1v) is 38.3. The van der Waals surface area contributed by atoms with Gasteiger partial charge in [-0.15, -0.1) is 0 Å². The number of benzene rings is 3. The lowest BCUT2D eigenvalue weighted by atomic mass is 9.90. The first kappa shape index (κ1) is 84.5. The Morgan fingerprint density at radius 1 is 0.333 bits per heavy atom. The molecule has 0 unspecified atom stereocenters. The molecule has 15 nitrogen and oxygen atoms in total. The van der Waals surface area contributed by atoms with Gasteiger partial charge in [0.05, 0.1) is 36.1 Å². The summed E-state index contributed by atoms with van der Waals surface area (Å²) >= 11 is 0. The zero-order valence-corrected chi connectivity index (χ0v) is 63.3. The average molecular weight is 1370 g/mol. The zero-order chi connectivity index (χ0) is 72.3. The van der Waals surface area contributed by atoms with Crippen molar-refractivity contribution in [3.05, 3.63) is 108 Å².